The molecule has 0 unspecified atom stereocenters. The molecule has 1 N–H and O–H groups in total. The van der Waals surface area contributed by atoms with Gasteiger partial charge in [-0.2, -0.15) is 5.26 Å². The first-order valence-corrected chi connectivity index (χ1v) is 6.94. The number of imidazole rings is 1. The van der Waals surface area contributed by atoms with Gasteiger partial charge in [0, 0.05) is 12.6 Å². The third-order valence-electron chi connectivity index (χ3n) is 3.65. The van der Waals surface area contributed by atoms with E-state index in [4.69, 9.17) is 0 Å². The number of rotatable bonds is 2. The van der Waals surface area contributed by atoms with Crippen molar-refractivity contribution in [3.8, 4) is 6.07 Å². The number of aliphatic hydroxyl groups excluding tert-OH is 1. The predicted molar refractivity (Wildman–Crippen MR) is 86.9 cm³/mol. The van der Waals surface area contributed by atoms with E-state index in [2.05, 4.69) is 11.1 Å². The summed E-state index contributed by atoms with van der Waals surface area (Å²) in [5, 5.41) is 20.0. The summed E-state index contributed by atoms with van der Waals surface area (Å²) in [4.78, 5) is 4.48. The molecule has 0 atom stereocenters. The second kappa shape index (κ2) is 5.38. The van der Waals surface area contributed by atoms with Crippen LogP contribution in [0.5, 0.6) is 0 Å². The molecule has 0 bridgehead atoms. The highest BCUT2D eigenvalue weighted by atomic mass is 16.3. The molecule has 108 valence electrons. The number of hydrogen-bond acceptors (Lipinski definition) is 3. The zero-order valence-corrected chi connectivity index (χ0v) is 12.4. The molecule has 3 rings (SSSR count). The number of nitriles is 1. The van der Waals surface area contributed by atoms with Crippen molar-refractivity contribution in [2.24, 2.45) is 7.05 Å². The summed E-state index contributed by atoms with van der Waals surface area (Å²) in [5.41, 5.74) is 3.52. The average molecular weight is 289 g/mol. The molecule has 0 aliphatic rings. The first-order chi connectivity index (χ1) is 10.6. The Kier molecular flexibility index (Phi) is 3.40. The SMILES string of the molecule is Cc1cccc(C(O)=C(C#N)c2nc3ccccc3n2C)c1. The van der Waals surface area contributed by atoms with Gasteiger partial charge >= 0.3 is 0 Å². The van der Waals surface area contributed by atoms with Gasteiger partial charge in [-0.25, -0.2) is 4.98 Å². The number of benzene rings is 2. The molecule has 0 saturated heterocycles. The molecule has 0 spiro atoms. The van der Waals surface area contributed by atoms with Crippen LogP contribution in [0.3, 0.4) is 0 Å². The molecule has 22 heavy (non-hydrogen) atoms. The highest BCUT2D eigenvalue weighted by Gasteiger charge is 2.17. The second-order valence-electron chi connectivity index (χ2n) is 5.19. The van der Waals surface area contributed by atoms with E-state index >= 15 is 0 Å². The molecule has 4 nitrogen and oxygen atoms in total. The maximum absolute atomic E-state index is 10.5. The topological polar surface area (TPSA) is 61.8 Å². The number of nitrogens with zero attached hydrogens (tertiary/aromatic N) is 3. The maximum Gasteiger partial charge on any atom is 0.155 e. The van der Waals surface area contributed by atoms with Crippen molar-refractivity contribution in [1.82, 2.24) is 9.55 Å². The zero-order chi connectivity index (χ0) is 15.7. The van der Waals surface area contributed by atoms with Crippen molar-refractivity contribution in [2.45, 2.75) is 6.92 Å². The van der Waals surface area contributed by atoms with E-state index in [1.165, 1.54) is 0 Å². The van der Waals surface area contributed by atoms with E-state index in [0.717, 1.165) is 16.6 Å². The molecule has 2 aromatic carbocycles. The van der Waals surface area contributed by atoms with Crippen LogP contribution in [0.2, 0.25) is 0 Å². The first kappa shape index (κ1) is 13.9. The molecule has 0 fully saturated rings. The van der Waals surface area contributed by atoms with Crippen molar-refractivity contribution in [3.63, 3.8) is 0 Å². The van der Waals surface area contributed by atoms with Crippen LogP contribution >= 0.6 is 0 Å². The zero-order valence-electron chi connectivity index (χ0n) is 12.4. The molecule has 4 heteroatoms. The van der Waals surface area contributed by atoms with Gasteiger partial charge in [-0.15, -0.1) is 0 Å². The summed E-state index contributed by atoms with van der Waals surface area (Å²) in [6.45, 7) is 1.94. The number of hydrogen-bond donors (Lipinski definition) is 1. The van der Waals surface area contributed by atoms with E-state index in [-0.39, 0.29) is 11.3 Å². The van der Waals surface area contributed by atoms with Gasteiger partial charge in [-0.05, 0) is 25.1 Å². The van der Waals surface area contributed by atoms with Gasteiger partial charge in [0.1, 0.15) is 17.4 Å². The number of allylic oxidation sites excluding steroid dienone is 1. The minimum absolute atomic E-state index is 0.0513. The van der Waals surface area contributed by atoms with Gasteiger partial charge in [-0.3, -0.25) is 0 Å². The highest BCUT2D eigenvalue weighted by molar-refractivity contribution is 5.94. The monoisotopic (exact) mass is 289 g/mol. The number of aryl methyl sites for hydroxylation is 2. The Labute approximate surface area is 128 Å². The minimum Gasteiger partial charge on any atom is -0.506 e. The van der Waals surface area contributed by atoms with E-state index in [9.17, 15) is 10.4 Å². The van der Waals surface area contributed by atoms with E-state index in [1.807, 2.05) is 61.0 Å². The third-order valence-corrected chi connectivity index (χ3v) is 3.65. The minimum atomic E-state index is -0.0513. The Bertz CT molecular complexity index is 929. The molecular weight excluding hydrogens is 274 g/mol. The predicted octanol–water partition coefficient (Wildman–Crippen LogP) is 3.83. The van der Waals surface area contributed by atoms with Crippen LogP contribution < -0.4 is 0 Å². The number of aliphatic hydroxyl groups is 1. The second-order valence-corrected chi connectivity index (χ2v) is 5.19. The average Bonchev–Trinajstić information content (AvgIpc) is 2.85. The lowest BCUT2D eigenvalue weighted by atomic mass is 10.1. The maximum atomic E-state index is 10.5. The van der Waals surface area contributed by atoms with Gasteiger partial charge in [-0.1, -0.05) is 35.9 Å². The third kappa shape index (κ3) is 2.23. The summed E-state index contributed by atoms with van der Waals surface area (Å²) in [6.07, 6.45) is 0. The molecule has 0 aliphatic carbocycles. The summed E-state index contributed by atoms with van der Waals surface area (Å²) < 4.78 is 1.82. The van der Waals surface area contributed by atoms with Gasteiger partial charge in [0.25, 0.3) is 0 Å². The van der Waals surface area contributed by atoms with Crippen molar-refractivity contribution < 1.29 is 5.11 Å². The van der Waals surface area contributed by atoms with E-state index in [0.29, 0.717) is 11.4 Å². The molecular formula is C18H15N3O. The Hall–Kier alpha value is -3.06. The summed E-state index contributed by atoms with van der Waals surface area (Å²) in [5.74, 6) is 0.410. The highest BCUT2D eigenvalue weighted by Crippen LogP contribution is 2.26. The number of aromatic nitrogens is 2. The Morgan fingerprint density at radius 3 is 2.64 bits per heavy atom. The van der Waals surface area contributed by atoms with Crippen LogP contribution in [0, 0.1) is 18.3 Å². The fraction of sp³-hybridized carbons (Fsp3) is 0.111. The molecule has 1 aromatic heterocycles. The van der Waals surface area contributed by atoms with Crippen LogP contribution in [-0.2, 0) is 7.05 Å². The quantitative estimate of drug-likeness (QED) is 0.576. The largest absolute Gasteiger partial charge is 0.506 e. The molecule has 0 aliphatic heterocycles. The first-order valence-electron chi connectivity index (χ1n) is 6.94. The van der Waals surface area contributed by atoms with Crippen molar-refractivity contribution in [3.05, 3.63) is 65.5 Å². The smallest absolute Gasteiger partial charge is 0.155 e. The molecule has 0 radical (unpaired) electrons. The summed E-state index contributed by atoms with van der Waals surface area (Å²) in [7, 11) is 1.84. The summed E-state index contributed by atoms with van der Waals surface area (Å²) in [6, 6.07) is 17.1. The summed E-state index contributed by atoms with van der Waals surface area (Å²) >= 11 is 0. The van der Waals surface area contributed by atoms with Crippen LogP contribution in [0.4, 0.5) is 0 Å². The molecule has 1 heterocycles. The molecule has 3 aromatic rings. The van der Waals surface area contributed by atoms with Crippen molar-refractivity contribution in [2.75, 3.05) is 0 Å². The van der Waals surface area contributed by atoms with Crippen LogP contribution in [0.1, 0.15) is 17.0 Å². The fourth-order valence-corrected chi connectivity index (χ4v) is 2.51. The lowest BCUT2D eigenvalue weighted by Gasteiger charge is -2.06. The van der Waals surface area contributed by atoms with Gasteiger partial charge in [0.05, 0.1) is 11.0 Å². The van der Waals surface area contributed by atoms with Crippen molar-refractivity contribution >= 4 is 22.4 Å². The van der Waals surface area contributed by atoms with Crippen molar-refractivity contribution in [1.29, 1.82) is 5.26 Å². The van der Waals surface area contributed by atoms with Gasteiger partial charge in [0.15, 0.2) is 5.82 Å². The van der Waals surface area contributed by atoms with Crippen LogP contribution in [0.25, 0.3) is 22.4 Å². The number of fused-ring (bicyclic) bond motifs is 1. The number of para-hydroxylation sites is 2. The van der Waals surface area contributed by atoms with E-state index < -0.39 is 0 Å². The Morgan fingerprint density at radius 2 is 1.95 bits per heavy atom. The van der Waals surface area contributed by atoms with E-state index in [1.54, 1.807) is 6.07 Å². The Balaban J connectivity index is 2.24. The van der Waals surface area contributed by atoms with Gasteiger partial charge in [0.2, 0.25) is 0 Å². The Morgan fingerprint density at radius 1 is 1.18 bits per heavy atom. The lowest BCUT2D eigenvalue weighted by molar-refractivity contribution is 0.513. The molecule has 0 saturated carbocycles. The standard InChI is InChI=1S/C18H15N3O/c1-12-6-5-7-13(10-12)17(22)14(11-19)18-20-15-8-3-4-9-16(15)21(18)2/h3-10,22H,1-2H3. The molecule has 0 amide bonds. The lowest BCUT2D eigenvalue weighted by Crippen LogP contribution is -1.99. The normalized spacial score (nSPS) is 12.0. The van der Waals surface area contributed by atoms with Gasteiger partial charge < -0.3 is 9.67 Å². The van der Waals surface area contributed by atoms with Crippen LogP contribution in [0.15, 0.2) is 48.5 Å². The fourth-order valence-electron chi connectivity index (χ4n) is 2.51. The van der Waals surface area contributed by atoms with Crippen LogP contribution in [-0.4, -0.2) is 14.7 Å².